The van der Waals surface area contributed by atoms with Gasteiger partial charge in [-0.2, -0.15) is 0 Å². The van der Waals surface area contributed by atoms with Crippen molar-refractivity contribution in [1.82, 2.24) is 20.1 Å². The van der Waals surface area contributed by atoms with Crippen LogP contribution in [0.3, 0.4) is 0 Å². The van der Waals surface area contributed by atoms with Crippen LogP contribution in [0.25, 0.3) is 16.5 Å². The monoisotopic (exact) mass is 448 g/mol. The highest BCUT2D eigenvalue weighted by molar-refractivity contribution is 7.99. The lowest BCUT2D eigenvalue weighted by Gasteiger charge is -2.10. The molecule has 0 atom stereocenters. The molecule has 162 valence electrons. The minimum absolute atomic E-state index is 0.0193. The van der Waals surface area contributed by atoms with E-state index >= 15 is 0 Å². The lowest BCUT2D eigenvalue weighted by Crippen LogP contribution is -2.23. The molecular formula is C24H21FN4O2S. The van der Waals surface area contributed by atoms with E-state index in [0.717, 1.165) is 10.8 Å². The first-order valence-corrected chi connectivity index (χ1v) is 11.1. The van der Waals surface area contributed by atoms with E-state index in [9.17, 15) is 14.0 Å². The van der Waals surface area contributed by atoms with Gasteiger partial charge in [-0.1, -0.05) is 48.2 Å². The second kappa shape index (κ2) is 9.74. The highest BCUT2D eigenvalue weighted by Gasteiger charge is 2.17. The van der Waals surface area contributed by atoms with Crippen LogP contribution in [-0.2, 0) is 11.2 Å². The highest BCUT2D eigenvalue weighted by atomic mass is 32.2. The fourth-order valence-corrected chi connectivity index (χ4v) is 4.20. The van der Waals surface area contributed by atoms with Crippen LogP contribution < -0.4 is 5.32 Å². The van der Waals surface area contributed by atoms with Gasteiger partial charge in [0.05, 0.1) is 5.75 Å². The number of nitrogens with one attached hydrogen (secondary N) is 1. The molecule has 0 unspecified atom stereocenters. The summed E-state index contributed by atoms with van der Waals surface area (Å²) in [5.41, 5.74) is 1.32. The number of rotatable bonds is 8. The first-order chi connectivity index (χ1) is 15.5. The lowest BCUT2D eigenvalue weighted by molar-refractivity contribution is -0.118. The normalized spacial score (nSPS) is 10.9. The van der Waals surface area contributed by atoms with E-state index in [-0.39, 0.29) is 23.3 Å². The molecule has 6 nitrogen and oxygen atoms in total. The molecule has 0 aliphatic heterocycles. The second-order valence-electron chi connectivity index (χ2n) is 7.22. The summed E-state index contributed by atoms with van der Waals surface area (Å²) < 4.78 is 15.2. The molecule has 4 aromatic rings. The Morgan fingerprint density at radius 3 is 2.50 bits per heavy atom. The summed E-state index contributed by atoms with van der Waals surface area (Å²) in [6.07, 6.45) is 0.448. The number of ketones is 1. The molecule has 0 aliphatic rings. The average molecular weight is 449 g/mol. The molecule has 1 heterocycles. The third-order valence-electron chi connectivity index (χ3n) is 4.91. The van der Waals surface area contributed by atoms with Gasteiger partial charge in [0.15, 0.2) is 10.9 Å². The highest BCUT2D eigenvalue weighted by Crippen LogP contribution is 2.24. The lowest BCUT2D eigenvalue weighted by atomic mass is 10.1. The summed E-state index contributed by atoms with van der Waals surface area (Å²) in [5.74, 6) is 0.305. The standard InChI is InChI=1S/C24H21FN4O2S/c1-16(30)26-13-12-23-27-28-24(29(23)21-10-8-20(25)9-11-21)32-15-22(31)19-7-6-17-4-2-3-5-18(17)14-19/h2-11,14H,12-13,15H2,1H3,(H,26,30). The maximum absolute atomic E-state index is 13.4. The molecule has 0 fully saturated rings. The largest absolute Gasteiger partial charge is 0.356 e. The zero-order valence-corrected chi connectivity index (χ0v) is 18.2. The molecule has 0 radical (unpaired) electrons. The van der Waals surface area contributed by atoms with E-state index in [4.69, 9.17) is 0 Å². The van der Waals surface area contributed by atoms with Crippen molar-refractivity contribution in [1.29, 1.82) is 0 Å². The number of amides is 1. The van der Waals surface area contributed by atoms with E-state index in [2.05, 4.69) is 15.5 Å². The SMILES string of the molecule is CC(=O)NCCc1nnc(SCC(=O)c2ccc3ccccc3c2)n1-c1ccc(F)cc1. The minimum atomic E-state index is -0.345. The van der Waals surface area contributed by atoms with Crippen molar-refractivity contribution in [2.75, 3.05) is 12.3 Å². The van der Waals surface area contributed by atoms with Gasteiger partial charge >= 0.3 is 0 Å². The van der Waals surface area contributed by atoms with Crippen LogP contribution in [0, 0.1) is 5.82 Å². The summed E-state index contributed by atoms with van der Waals surface area (Å²) >= 11 is 1.27. The summed E-state index contributed by atoms with van der Waals surface area (Å²) in [5, 5.41) is 13.8. The summed E-state index contributed by atoms with van der Waals surface area (Å²) in [6.45, 7) is 1.85. The fourth-order valence-electron chi connectivity index (χ4n) is 3.33. The molecular weight excluding hydrogens is 427 g/mol. The zero-order valence-electron chi connectivity index (χ0n) is 17.4. The van der Waals surface area contributed by atoms with Gasteiger partial charge in [0.25, 0.3) is 0 Å². The number of halogens is 1. The number of carbonyl (C=O) groups is 2. The summed E-state index contributed by atoms with van der Waals surface area (Å²) in [7, 11) is 0. The molecule has 4 rings (SSSR count). The van der Waals surface area contributed by atoms with Crippen molar-refractivity contribution < 1.29 is 14.0 Å². The van der Waals surface area contributed by atoms with Gasteiger partial charge in [-0.15, -0.1) is 10.2 Å². The molecule has 1 N–H and O–H groups in total. The Kier molecular flexibility index (Phi) is 6.61. The minimum Gasteiger partial charge on any atom is -0.356 e. The van der Waals surface area contributed by atoms with Crippen molar-refractivity contribution in [3.05, 3.63) is 83.9 Å². The number of benzene rings is 3. The van der Waals surface area contributed by atoms with Crippen LogP contribution in [0.5, 0.6) is 0 Å². The second-order valence-corrected chi connectivity index (χ2v) is 8.16. The molecule has 0 saturated carbocycles. The quantitative estimate of drug-likeness (QED) is 0.323. The number of nitrogens with zero attached hydrogens (tertiary/aromatic N) is 3. The van der Waals surface area contributed by atoms with Gasteiger partial charge in [-0.05, 0) is 41.1 Å². The van der Waals surface area contributed by atoms with Gasteiger partial charge in [-0.25, -0.2) is 4.39 Å². The molecule has 32 heavy (non-hydrogen) atoms. The maximum atomic E-state index is 13.4. The van der Waals surface area contributed by atoms with E-state index < -0.39 is 0 Å². The molecule has 8 heteroatoms. The van der Waals surface area contributed by atoms with Crippen LogP contribution in [0.2, 0.25) is 0 Å². The molecule has 0 bridgehead atoms. The number of hydrogen-bond donors (Lipinski definition) is 1. The molecule has 0 spiro atoms. The van der Waals surface area contributed by atoms with Crippen LogP contribution in [0.4, 0.5) is 4.39 Å². The zero-order chi connectivity index (χ0) is 22.5. The van der Waals surface area contributed by atoms with Crippen molar-refractivity contribution in [3.8, 4) is 5.69 Å². The number of carbonyl (C=O) groups excluding carboxylic acids is 2. The summed E-state index contributed by atoms with van der Waals surface area (Å²) in [6, 6.07) is 19.5. The predicted molar refractivity (Wildman–Crippen MR) is 123 cm³/mol. The number of Topliss-reactive ketones (excluding diaryl/α,β-unsaturated/α-hetero) is 1. The molecule has 0 saturated heterocycles. The van der Waals surface area contributed by atoms with Crippen LogP contribution in [0.15, 0.2) is 71.9 Å². The first-order valence-electron chi connectivity index (χ1n) is 10.1. The van der Waals surface area contributed by atoms with E-state index in [0.29, 0.717) is 35.2 Å². The molecule has 1 amide bonds. The Hall–Kier alpha value is -3.52. The van der Waals surface area contributed by atoms with Gasteiger partial charge < -0.3 is 5.32 Å². The van der Waals surface area contributed by atoms with E-state index in [1.54, 1.807) is 16.7 Å². The van der Waals surface area contributed by atoms with Crippen molar-refractivity contribution in [3.63, 3.8) is 0 Å². The smallest absolute Gasteiger partial charge is 0.216 e. The van der Waals surface area contributed by atoms with E-state index in [1.807, 2.05) is 42.5 Å². The summed E-state index contributed by atoms with van der Waals surface area (Å²) in [4.78, 5) is 24.0. The number of thioether (sulfide) groups is 1. The Balaban J connectivity index is 1.55. The van der Waals surface area contributed by atoms with Crippen LogP contribution in [-0.4, -0.2) is 38.8 Å². The number of aromatic nitrogens is 3. The van der Waals surface area contributed by atoms with E-state index in [1.165, 1.54) is 30.8 Å². The Morgan fingerprint density at radius 1 is 1.00 bits per heavy atom. The predicted octanol–water partition coefficient (Wildman–Crippen LogP) is 4.21. The van der Waals surface area contributed by atoms with Gasteiger partial charge in [0.2, 0.25) is 5.91 Å². The third-order valence-corrected chi connectivity index (χ3v) is 5.84. The molecule has 3 aromatic carbocycles. The Morgan fingerprint density at radius 2 is 1.75 bits per heavy atom. The van der Waals surface area contributed by atoms with Gasteiger partial charge in [-0.3, -0.25) is 14.2 Å². The van der Waals surface area contributed by atoms with Crippen LogP contribution >= 0.6 is 11.8 Å². The fraction of sp³-hybridized carbons (Fsp3) is 0.167. The number of fused-ring (bicyclic) bond motifs is 1. The Bertz CT molecular complexity index is 1270. The first kappa shape index (κ1) is 21.7. The van der Waals surface area contributed by atoms with Crippen molar-refractivity contribution in [2.24, 2.45) is 0 Å². The number of hydrogen-bond acceptors (Lipinski definition) is 5. The van der Waals surface area contributed by atoms with Crippen molar-refractivity contribution >= 4 is 34.2 Å². The van der Waals surface area contributed by atoms with Gasteiger partial charge in [0.1, 0.15) is 11.6 Å². The molecule has 1 aromatic heterocycles. The topological polar surface area (TPSA) is 76.9 Å². The third kappa shape index (κ3) is 5.03. The maximum Gasteiger partial charge on any atom is 0.216 e. The molecule has 0 aliphatic carbocycles. The van der Waals surface area contributed by atoms with Crippen LogP contribution in [0.1, 0.15) is 23.1 Å². The average Bonchev–Trinajstić information content (AvgIpc) is 3.20. The Labute approximate surface area is 188 Å². The van der Waals surface area contributed by atoms with Crippen molar-refractivity contribution in [2.45, 2.75) is 18.5 Å². The van der Waals surface area contributed by atoms with Gasteiger partial charge in [0, 0.05) is 31.1 Å².